The number of rotatable bonds is 1. The van der Waals surface area contributed by atoms with Gasteiger partial charge in [-0.15, -0.1) is 0 Å². The van der Waals surface area contributed by atoms with E-state index in [9.17, 15) is 16.8 Å². The fraction of sp³-hybridized carbons (Fsp3) is 0.750. The molecule has 0 rings (SSSR count). The van der Waals surface area contributed by atoms with Crippen molar-refractivity contribution in [2.75, 3.05) is 19.6 Å². The standard InChI is InChI=1S/C4H9NO5S2/c1-10-5-4(11(2,6)7)12(3,8)9/h1-3H3. The molecule has 0 aliphatic rings. The average Bonchev–Trinajstić information content (AvgIpc) is 1.77. The van der Waals surface area contributed by atoms with E-state index in [1.165, 1.54) is 0 Å². The van der Waals surface area contributed by atoms with Crippen LogP contribution in [0.5, 0.6) is 0 Å². The average molecular weight is 215 g/mol. The molecule has 12 heavy (non-hydrogen) atoms. The number of hydrogen-bond acceptors (Lipinski definition) is 6. The van der Waals surface area contributed by atoms with Gasteiger partial charge in [-0.1, -0.05) is 5.16 Å². The van der Waals surface area contributed by atoms with Gasteiger partial charge in [0, 0.05) is 12.5 Å². The van der Waals surface area contributed by atoms with Gasteiger partial charge in [-0.2, -0.15) is 0 Å². The summed E-state index contributed by atoms with van der Waals surface area (Å²) in [6.07, 6.45) is 1.48. The molecule has 0 unspecified atom stereocenters. The van der Waals surface area contributed by atoms with Crippen molar-refractivity contribution in [2.24, 2.45) is 5.16 Å². The van der Waals surface area contributed by atoms with Crippen LogP contribution in [0.4, 0.5) is 0 Å². The molecule has 0 aromatic carbocycles. The molecule has 8 heteroatoms. The molecule has 72 valence electrons. The molecule has 0 spiro atoms. The monoisotopic (exact) mass is 215 g/mol. The van der Waals surface area contributed by atoms with Gasteiger partial charge in [0.15, 0.2) is 0 Å². The van der Waals surface area contributed by atoms with E-state index >= 15 is 0 Å². The molecule has 0 heterocycles. The fourth-order valence-corrected chi connectivity index (χ4v) is 3.10. The zero-order valence-corrected chi connectivity index (χ0v) is 8.44. The van der Waals surface area contributed by atoms with Gasteiger partial charge < -0.3 is 4.84 Å². The van der Waals surface area contributed by atoms with E-state index in [2.05, 4.69) is 9.99 Å². The lowest BCUT2D eigenvalue weighted by Gasteiger charge is -1.98. The zero-order chi connectivity index (χ0) is 9.99. The Morgan fingerprint density at radius 1 is 1.08 bits per heavy atom. The van der Waals surface area contributed by atoms with E-state index in [-0.39, 0.29) is 0 Å². The van der Waals surface area contributed by atoms with Gasteiger partial charge in [0.05, 0.1) is 0 Å². The Hall–Kier alpha value is -0.630. The predicted octanol–water partition coefficient (Wildman–Crippen LogP) is -1.01. The predicted molar refractivity (Wildman–Crippen MR) is 44.1 cm³/mol. The molecule has 0 fully saturated rings. The van der Waals surface area contributed by atoms with Crippen LogP contribution in [0, 0.1) is 0 Å². The van der Waals surface area contributed by atoms with Crippen LogP contribution < -0.4 is 0 Å². The maximum absolute atomic E-state index is 10.8. The SMILES string of the molecule is CON=C(S(C)(=O)=O)S(C)(=O)=O. The first-order valence-corrected chi connectivity index (χ1v) is 6.49. The van der Waals surface area contributed by atoms with Gasteiger partial charge >= 0.3 is 0 Å². The lowest BCUT2D eigenvalue weighted by molar-refractivity contribution is 0.215. The van der Waals surface area contributed by atoms with Gasteiger partial charge in [0.2, 0.25) is 19.7 Å². The van der Waals surface area contributed by atoms with Crippen LogP contribution in [0.3, 0.4) is 0 Å². The molecule has 0 aliphatic carbocycles. The minimum absolute atomic E-state index is 0.742. The highest BCUT2D eigenvalue weighted by Crippen LogP contribution is 1.99. The number of hydrogen-bond donors (Lipinski definition) is 0. The molecule has 0 bridgehead atoms. The lowest BCUT2D eigenvalue weighted by Crippen LogP contribution is -2.22. The Labute approximate surface area is 71.0 Å². The summed E-state index contributed by atoms with van der Waals surface area (Å²) < 4.78 is 42.2. The summed E-state index contributed by atoms with van der Waals surface area (Å²) in [5.74, 6) is 0. The molecule has 0 aliphatic heterocycles. The van der Waals surface area contributed by atoms with Crippen molar-refractivity contribution in [3.8, 4) is 0 Å². The van der Waals surface area contributed by atoms with E-state index in [1.807, 2.05) is 0 Å². The Bertz CT molecular complexity index is 342. The van der Waals surface area contributed by atoms with Crippen LogP contribution in [0.25, 0.3) is 0 Å². The highest BCUT2D eigenvalue weighted by molar-refractivity contribution is 8.30. The van der Waals surface area contributed by atoms with Crippen molar-refractivity contribution in [3.63, 3.8) is 0 Å². The van der Waals surface area contributed by atoms with Gasteiger partial charge in [0.25, 0.3) is 4.38 Å². The Morgan fingerprint density at radius 3 is 1.50 bits per heavy atom. The van der Waals surface area contributed by atoms with Crippen LogP contribution in [-0.4, -0.2) is 40.8 Å². The van der Waals surface area contributed by atoms with Crippen molar-refractivity contribution in [1.82, 2.24) is 0 Å². The molecule has 0 atom stereocenters. The topological polar surface area (TPSA) is 89.9 Å². The third kappa shape index (κ3) is 3.18. The second kappa shape index (κ2) is 3.40. The van der Waals surface area contributed by atoms with Crippen molar-refractivity contribution < 1.29 is 21.7 Å². The highest BCUT2D eigenvalue weighted by atomic mass is 32.3. The van der Waals surface area contributed by atoms with E-state index in [0.717, 1.165) is 19.6 Å². The first-order valence-electron chi connectivity index (χ1n) is 2.71. The molecule has 0 saturated heterocycles. The van der Waals surface area contributed by atoms with Crippen molar-refractivity contribution in [3.05, 3.63) is 0 Å². The summed E-state index contributed by atoms with van der Waals surface area (Å²) in [5, 5.41) is 2.91. The summed E-state index contributed by atoms with van der Waals surface area (Å²) in [6, 6.07) is 0. The third-order valence-electron chi connectivity index (χ3n) is 0.800. The van der Waals surface area contributed by atoms with Crippen molar-refractivity contribution >= 4 is 24.1 Å². The zero-order valence-electron chi connectivity index (χ0n) is 6.80. The van der Waals surface area contributed by atoms with E-state index in [4.69, 9.17) is 0 Å². The first kappa shape index (κ1) is 11.4. The molecule has 0 amide bonds. The molecule has 0 saturated carbocycles. The fourth-order valence-electron chi connectivity index (χ4n) is 0.485. The summed E-state index contributed by atoms with van der Waals surface area (Å²) in [5.41, 5.74) is 0. The summed E-state index contributed by atoms with van der Waals surface area (Å²) in [6.45, 7) is 0. The van der Waals surface area contributed by atoms with Crippen molar-refractivity contribution in [2.45, 2.75) is 0 Å². The normalized spacial score (nSPS) is 12.2. The third-order valence-corrected chi connectivity index (χ3v) is 4.03. The van der Waals surface area contributed by atoms with Gasteiger partial charge in [-0.3, -0.25) is 0 Å². The van der Waals surface area contributed by atoms with Crippen LogP contribution >= 0.6 is 0 Å². The first-order chi connectivity index (χ1) is 5.19. The minimum Gasteiger partial charge on any atom is -0.398 e. The van der Waals surface area contributed by atoms with E-state index in [0.29, 0.717) is 0 Å². The van der Waals surface area contributed by atoms with Crippen LogP contribution in [0.15, 0.2) is 5.16 Å². The Kier molecular flexibility index (Phi) is 3.22. The summed E-state index contributed by atoms with van der Waals surface area (Å²) in [4.78, 5) is 4.09. The molecule has 0 radical (unpaired) electrons. The Morgan fingerprint density at radius 2 is 1.42 bits per heavy atom. The molecule has 0 aromatic heterocycles. The Balaban J connectivity index is 5.43. The molecule has 0 N–H and O–H groups in total. The van der Waals surface area contributed by atoms with E-state index in [1.54, 1.807) is 0 Å². The lowest BCUT2D eigenvalue weighted by atomic mass is 11.6. The van der Waals surface area contributed by atoms with E-state index < -0.39 is 24.1 Å². The minimum atomic E-state index is -3.85. The molecular formula is C4H9NO5S2. The van der Waals surface area contributed by atoms with Gasteiger partial charge in [0.1, 0.15) is 7.11 Å². The smallest absolute Gasteiger partial charge is 0.284 e. The summed E-state index contributed by atoms with van der Waals surface area (Å²) in [7, 11) is -6.63. The van der Waals surface area contributed by atoms with Crippen LogP contribution in [0.2, 0.25) is 0 Å². The molecule has 6 nitrogen and oxygen atoms in total. The maximum Gasteiger partial charge on any atom is 0.284 e. The molecule has 0 aromatic rings. The van der Waals surface area contributed by atoms with Gasteiger partial charge in [-0.05, 0) is 0 Å². The second-order valence-corrected chi connectivity index (χ2v) is 6.20. The van der Waals surface area contributed by atoms with Crippen molar-refractivity contribution in [1.29, 1.82) is 0 Å². The highest BCUT2D eigenvalue weighted by Gasteiger charge is 2.25. The van der Waals surface area contributed by atoms with Crippen LogP contribution in [0.1, 0.15) is 0 Å². The maximum atomic E-state index is 10.8. The quantitative estimate of drug-likeness (QED) is 0.318. The van der Waals surface area contributed by atoms with Crippen LogP contribution in [-0.2, 0) is 24.5 Å². The largest absolute Gasteiger partial charge is 0.398 e. The second-order valence-electron chi connectivity index (χ2n) is 2.08. The number of nitrogens with zero attached hydrogens (tertiary/aromatic N) is 1. The summed E-state index contributed by atoms with van der Waals surface area (Å²) >= 11 is 0. The molecular weight excluding hydrogens is 206 g/mol. The number of oxime groups is 1. The van der Waals surface area contributed by atoms with Gasteiger partial charge in [-0.25, -0.2) is 16.8 Å². The number of sulfone groups is 2.